The van der Waals surface area contributed by atoms with Gasteiger partial charge in [-0.2, -0.15) is 0 Å². The monoisotopic (exact) mass is 398 g/mol. The molecular weight excluding hydrogens is 375 g/mol. The third kappa shape index (κ3) is 4.24. The first-order valence-corrected chi connectivity index (χ1v) is 9.78. The summed E-state index contributed by atoms with van der Waals surface area (Å²) in [6.07, 6.45) is 1.18. The standard InChI is InChI=1S/C22H23FN2O4/c23-18-6-1-2-7-19(18)25(13-15-4-3-5-17(12-15)21(26)27)22(28)29-20-14-24-10-8-16(20)9-11-24/h1-7,12,16,20H,8-11,13-14H2,(H,26,27). The molecule has 2 aromatic rings. The van der Waals surface area contributed by atoms with Crippen molar-refractivity contribution >= 4 is 17.7 Å². The molecule has 0 spiro atoms. The van der Waals surface area contributed by atoms with Crippen molar-refractivity contribution in [3.8, 4) is 0 Å². The number of carboxylic acid groups (broad SMARTS) is 1. The number of benzene rings is 2. The molecule has 29 heavy (non-hydrogen) atoms. The van der Waals surface area contributed by atoms with E-state index in [-0.39, 0.29) is 23.9 Å². The van der Waals surface area contributed by atoms with Gasteiger partial charge in [-0.1, -0.05) is 24.3 Å². The number of rotatable bonds is 5. The molecule has 0 radical (unpaired) electrons. The average molecular weight is 398 g/mol. The molecule has 1 atom stereocenters. The Morgan fingerprint density at radius 2 is 1.90 bits per heavy atom. The van der Waals surface area contributed by atoms with Gasteiger partial charge in [0.05, 0.1) is 17.8 Å². The lowest BCUT2D eigenvalue weighted by molar-refractivity contribution is -0.0311. The molecule has 1 amide bonds. The van der Waals surface area contributed by atoms with E-state index in [0.29, 0.717) is 18.0 Å². The van der Waals surface area contributed by atoms with Crippen molar-refractivity contribution in [2.45, 2.75) is 25.5 Å². The summed E-state index contributed by atoms with van der Waals surface area (Å²) in [4.78, 5) is 27.9. The van der Waals surface area contributed by atoms with Gasteiger partial charge in [-0.25, -0.2) is 14.0 Å². The van der Waals surface area contributed by atoms with Gasteiger partial charge in [0.25, 0.3) is 0 Å². The topological polar surface area (TPSA) is 70.1 Å². The van der Waals surface area contributed by atoms with Gasteiger partial charge in [-0.05, 0) is 61.7 Å². The van der Waals surface area contributed by atoms with Gasteiger partial charge in [-0.15, -0.1) is 0 Å². The Balaban J connectivity index is 1.58. The first-order valence-electron chi connectivity index (χ1n) is 9.78. The van der Waals surface area contributed by atoms with E-state index in [1.807, 2.05) is 0 Å². The Morgan fingerprint density at radius 3 is 2.55 bits per heavy atom. The number of anilines is 1. The van der Waals surface area contributed by atoms with Gasteiger partial charge in [-0.3, -0.25) is 9.80 Å². The Bertz CT molecular complexity index is 911. The molecule has 2 aromatic carbocycles. The van der Waals surface area contributed by atoms with E-state index < -0.39 is 17.9 Å². The number of hydrogen-bond donors (Lipinski definition) is 1. The van der Waals surface area contributed by atoms with Crippen molar-refractivity contribution < 1.29 is 23.8 Å². The summed E-state index contributed by atoms with van der Waals surface area (Å²) < 4.78 is 20.3. The molecule has 3 fully saturated rings. The largest absolute Gasteiger partial charge is 0.478 e. The summed E-state index contributed by atoms with van der Waals surface area (Å²) >= 11 is 0. The molecule has 5 rings (SSSR count). The number of carbonyl (C=O) groups excluding carboxylic acids is 1. The fourth-order valence-electron chi connectivity index (χ4n) is 4.14. The maximum atomic E-state index is 14.5. The molecule has 1 unspecified atom stereocenters. The van der Waals surface area contributed by atoms with Crippen LogP contribution in [0.2, 0.25) is 0 Å². The van der Waals surface area contributed by atoms with Crippen LogP contribution < -0.4 is 4.90 Å². The molecule has 0 aromatic heterocycles. The summed E-state index contributed by atoms with van der Waals surface area (Å²) in [5.41, 5.74) is 0.806. The minimum absolute atomic E-state index is 0.0159. The number of ether oxygens (including phenoxy) is 1. The first kappa shape index (κ1) is 19.4. The number of aromatic carboxylic acids is 1. The number of piperidine rings is 3. The molecule has 3 aliphatic heterocycles. The average Bonchev–Trinajstić information content (AvgIpc) is 2.73. The molecule has 7 heteroatoms. The lowest BCUT2D eigenvalue weighted by atomic mass is 9.86. The molecule has 0 aliphatic carbocycles. The lowest BCUT2D eigenvalue weighted by Crippen LogP contribution is -2.53. The van der Waals surface area contributed by atoms with Gasteiger partial charge >= 0.3 is 12.1 Å². The van der Waals surface area contributed by atoms with Crippen LogP contribution in [0.4, 0.5) is 14.9 Å². The normalized spacial score (nSPS) is 22.9. The van der Waals surface area contributed by atoms with Gasteiger partial charge < -0.3 is 9.84 Å². The zero-order valence-corrected chi connectivity index (χ0v) is 16.0. The van der Waals surface area contributed by atoms with E-state index in [2.05, 4.69) is 4.90 Å². The minimum Gasteiger partial charge on any atom is -0.478 e. The van der Waals surface area contributed by atoms with Crippen LogP contribution in [-0.4, -0.2) is 47.8 Å². The number of para-hydroxylation sites is 1. The van der Waals surface area contributed by atoms with Gasteiger partial charge in [0.1, 0.15) is 11.9 Å². The smallest absolute Gasteiger partial charge is 0.415 e. The number of hydrogen-bond acceptors (Lipinski definition) is 4. The molecule has 6 nitrogen and oxygen atoms in total. The third-order valence-electron chi connectivity index (χ3n) is 5.73. The highest BCUT2D eigenvalue weighted by molar-refractivity contribution is 5.89. The van der Waals surface area contributed by atoms with Crippen molar-refractivity contribution in [3.05, 3.63) is 65.5 Å². The summed E-state index contributed by atoms with van der Waals surface area (Å²) in [6, 6.07) is 12.3. The van der Waals surface area contributed by atoms with E-state index >= 15 is 0 Å². The predicted molar refractivity (Wildman–Crippen MR) is 105 cm³/mol. The van der Waals surface area contributed by atoms with Crippen LogP contribution >= 0.6 is 0 Å². The zero-order chi connectivity index (χ0) is 20.4. The third-order valence-corrected chi connectivity index (χ3v) is 5.73. The summed E-state index contributed by atoms with van der Waals surface area (Å²) in [6.45, 7) is 2.77. The maximum absolute atomic E-state index is 14.5. The number of fused-ring (bicyclic) bond motifs is 3. The molecular formula is C22H23FN2O4. The highest BCUT2D eigenvalue weighted by atomic mass is 19.1. The van der Waals surface area contributed by atoms with Crippen molar-refractivity contribution in [1.82, 2.24) is 4.90 Å². The van der Waals surface area contributed by atoms with Crippen LogP contribution in [0.15, 0.2) is 48.5 Å². The van der Waals surface area contributed by atoms with Crippen molar-refractivity contribution in [1.29, 1.82) is 0 Å². The molecule has 1 N–H and O–H groups in total. The maximum Gasteiger partial charge on any atom is 0.415 e. The fraction of sp³-hybridized carbons (Fsp3) is 0.364. The van der Waals surface area contributed by atoms with E-state index in [1.54, 1.807) is 24.3 Å². The zero-order valence-electron chi connectivity index (χ0n) is 16.0. The van der Waals surface area contributed by atoms with Crippen LogP contribution in [-0.2, 0) is 11.3 Å². The Labute approximate surface area is 168 Å². The number of nitrogens with zero attached hydrogens (tertiary/aromatic N) is 2. The van der Waals surface area contributed by atoms with E-state index in [9.17, 15) is 19.1 Å². The highest BCUT2D eigenvalue weighted by Crippen LogP contribution is 2.31. The van der Waals surface area contributed by atoms with Crippen LogP contribution in [0.5, 0.6) is 0 Å². The minimum atomic E-state index is -1.06. The Morgan fingerprint density at radius 1 is 1.14 bits per heavy atom. The van der Waals surface area contributed by atoms with Crippen LogP contribution in [0.3, 0.4) is 0 Å². The van der Waals surface area contributed by atoms with Crippen LogP contribution in [0.1, 0.15) is 28.8 Å². The molecule has 3 aliphatic rings. The quantitative estimate of drug-likeness (QED) is 0.831. The van der Waals surface area contributed by atoms with Crippen LogP contribution in [0, 0.1) is 11.7 Å². The van der Waals surface area contributed by atoms with Gasteiger partial charge in [0.2, 0.25) is 0 Å². The second kappa shape index (κ2) is 8.21. The fourth-order valence-corrected chi connectivity index (χ4v) is 4.14. The summed E-state index contributed by atoms with van der Waals surface area (Å²) in [5.74, 6) is -1.26. The number of amides is 1. The molecule has 3 heterocycles. The Hall–Kier alpha value is -2.93. The van der Waals surface area contributed by atoms with E-state index in [4.69, 9.17) is 4.74 Å². The summed E-state index contributed by atoms with van der Waals surface area (Å²) in [5, 5.41) is 9.22. The highest BCUT2D eigenvalue weighted by Gasteiger charge is 2.37. The van der Waals surface area contributed by atoms with Crippen molar-refractivity contribution in [3.63, 3.8) is 0 Å². The molecule has 152 valence electrons. The summed E-state index contributed by atoms with van der Waals surface area (Å²) in [7, 11) is 0. The number of carbonyl (C=O) groups is 2. The van der Waals surface area contributed by atoms with Crippen molar-refractivity contribution in [2.75, 3.05) is 24.5 Å². The van der Waals surface area contributed by atoms with E-state index in [0.717, 1.165) is 25.9 Å². The van der Waals surface area contributed by atoms with Crippen LogP contribution in [0.25, 0.3) is 0 Å². The predicted octanol–water partition coefficient (Wildman–Crippen LogP) is 3.76. The second-order valence-corrected chi connectivity index (χ2v) is 7.60. The number of halogens is 1. The molecule has 0 saturated carbocycles. The number of carboxylic acids is 1. The van der Waals surface area contributed by atoms with Gasteiger partial charge in [0.15, 0.2) is 0 Å². The second-order valence-electron chi connectivity index (χ2n) is 7.60. The molecule has 3 saturated heterocycles. The Kier molecular flexibility index (Phi) is 5.49. The molecule has 2 bridgehead atoms. The lowest BCUT2D eigenvalue weighted by Gasteiger charge is -2.44. The van der Waals surface area contributed by atoms with E-state index in [1.165, 1.54) is 29.2 Å². The van der Waals surface area contributed by atoms with Gasteiger partial charge in [0, 0.05) is 6.54 Å². The first-order chi connectivity index (χ1) is 14.0. The van der Waals surface area contributed by atoms with Crippen molar-refractivity contribution in [2.24, 2.45) is 5.92 Å². The SMILES string of the molecule is O=C(O)c1cccc(CN(C(=O)OC2CN3CCC2CC3)c2ccccc2F)c1.